The second kappa shape index (κ2) is 9.06. The van der Waals surface area contributed by atoms with Crippen molar-refractivity contribution in [3.8, 4) is 0 Å². The van der Waals surface area contributed by atoms with Crippen molar-refractivity contribution in [3.05, 3.63) is 34.9 Å². The Morgan fingerprint density at radius 3 is 2.48 bits per heavy atom. The summed E-state index contributed by atoms with van der Waals surface area (Å²) in [6.45, 7) is 7.01. The average Bonchev–Trinajstić information content (AvgIpc) is 2.43. The second-order valence-corrected chi connectivity index (χ2v) is 6.34. The molecule has 1 rings (SSSR count). The predicted octanol–water partition coefficient (Wildman–Crippen LogP) is 3.92. The number of nitrogens with two attached hydrogens (primary N) is 1. The van der Waals surface area contributed by atoms with E-state index in [1.165, 1.54) is 0 Å². The Kier molecular flexibility index (Phi) is 7.76. The van der Waals surface area contributed by atoms with Gasteiger partial charge in [0.1, 0.15) is 0 Å². The maximum Gasteiger partial charge on any atom is 0.220 e. The summed E-state index contributed by atoms with van der Waals surface area (Å²) >= 11 is 6.15. The van der Waals surface area contributed by atoms with Crippen LogP contribution in [0.2, 0.25) is 5.02 Å². The van der Waals surface area contributed by atoms with Crippen molar-refractivity contribution in [3.63, 3.8) is 0 Å². The predicted molar refractivity (Wildman–Crippen MR) is 89.2 cm³/mol. The van der Waals surface area contributed by atoms with E-state index in [2.05, 4.69) is 19.2 Å². The fraction of sp³-hybridized carbons (Fsp3) is 0.588. The minimum atomic E-state index is -0.0711. The summed E-state index contributed by atoms with van der Waals surface area (Å²) in [5, 5.41) is 3.71. The third kappa shape index (κ3) is 6.06. The summed E-state index contributed by atoms with van der Waals surface area (Å²) in [5.41, 5.74) is 6.59. The van der Waals surface area contributed by atoms with Crippen LogP contribution in [-0.4, -0.2) is 12.5 Å². The third-order valence-electron chi connectivity index (χ3n) is 3.97. The molecular weight excluding hydrogens is 284 g/mol. The van der Waals surface area contributed by atoms with Crippen molar-refractivity contribution in [2.75, 3.05) is 6.54 Å². The van der Waals surface area contributed by atoms with E-state index in [1.54, 1.807) is 0 Å². The molecule has 1 unspecified atom stereocenters. The lowest BCUT2D eigenvalue weighted by Crippen LogP contribution is -2.27. The first-order chi connectivity index (χ1) is 9.95. The summed E-state index contributed by atoms with van der Waals surface area (Å²) in [6.07, 6.45) is 2.40. The Hall–Kier alpha value is -1.06. The van der Waals surface area contributed by atoms with Gasteiger partial charge in [-0.05, 0) is 49.8 Å². The molecule has 2 atom stereocenters. The van der Waals surface area contributed by atoms with Crippen LogP contribution in [0.3, 0.4) is 0 Å². The zero-order chi connectivity index (χ0) is 15.8. The number of carbonyl (C=O) groups is 1. The Morgan fingerprint density at radius 1 is 1.24 bits per heavy atom. The summed E-state index contributed by atoms with van der Waals surface area (Å²) in [6, 6.07) is 7.53. The van der Waals surface area contributed by atoms with Crippen LogP contribution < -0.4 is 11.1 Å². The highest BCUT2D eigenvalue weighted by Gasteiger charge is 2.16. The van der Waals surface area contributed by atoms with Gasteiger partial charge >= 0.3 is 0 Å². The molecule has 0 bridgehead atoms. The molecule has 1 aromatic rings. The molecule has 3 N–H and O–H groups in total. The number of hydrogen-bond donors (Lipinski definition) is 2. The van der Waals surface area contributed by atoms with E-state index in [0.29, 0.717) is 29.8 Å². The molecule has 4 heteroatoms. The standard InChI is InChI=1S/C17H27ClN2O/c1-12(2)14(10-11-19)8-9-17(21)20-13(3)15-6-4-5-7-16(15)18/h4-7,12-14H,8-11,19H2,1-3H3,(H,20,21)/t13-,14?/m0/s1. The molecule has 0 spiro atoms. The Balaban J connectivity index is 2.48. The van der Waals surface area contributed by atoms with Gasteiger partial charge in [0.2, 0.25) is 5.91 Å². The number of carbonyl (C=O) groups excluding carboxylic acids is 1. The van der Waals surface area contributed by atoms with Crippen LogP contribution in [0, 0.1) is 11.8 Å². The van der Waals surface area contributed by atoms with Gasteiger partial charge in [0.25, 0.3) is 0 Å². The average molecular weight is 311 g/mol. The van der Waals surface area contributed by atoms with Gasteiger partial charge in [-0.3, -0.25) is 4.79 Å². The van der Waals surface area contributed by atoms with Gasteiger partial charge in [0.05, 0.1) is 6.04 Å². The SMILES string of the molecule is CC(C)C(CCN)CCC(=O)N[C@@H](C)c1ccccc1Cl. The fourth-order valence-corrected chi connectivity index (χ4v) is 2.86. The number of nitrogens with one attached hydrogen (secondary N) is 1. The normalized spacial score (nSPS) is 14.0. The number of benzene rings is 1. The molecular formula is C17H27ClN2O. The molecule has 3 nitrogen and oxygen atoms in total. The van der Waals surface area contributed by atoms with Crippen LogP contribution in [0.15, 0.2) is 24.3 Å². The van der Waals surface area contributed by atoms with Crippen LogP contribution in [0.4, 0.5) is 0 Å². The van der Waals surface area contributed by atoms with Gasteiger partial charge in [-0.1, -0.05) is 43.6 Å². The molecule has 1 aromatic carbocycles. The quantitative estimate of drug-likeness (QED) is 0.764. The molecule has 0 saturated carbocycles. The van der Waals surface area contributed by atoms with E-state index in [0.717, 1.165) is 18.4 Å². The van der Waals surface area contributed by atoms with Gasteiger partial charge in [-0.15, -0.1) is 0 Å². The largest absolute Gasteiger partial charge is 0.350 e. The first-order valence-corrected chi connectivity index (χ1v) is 8.07. The highest BCUT2D eigenvalue weighted by Crippen LogP contribution is 2.23. The molecule has 21 heavy (non-hydrogen) atoms. The van der Waals surface area contributed by atoms with Crippen LogP contribution in [0.25, 0.3) is 0 Å². The van der Waals surface area contributed by atoms with Crippen LogP contribution in [-0.2, 0) is 4.79 Å². The number of amides is 1. The monoisotopic (exact) mass is 310 g/mol. The highest BCUT2D eigenvalue weighted by molar-refractivity contribution is 6.31. The minimum Gasteiger partial charge on any atom is -0.350 e. The fourth-order valence-electron chi connectivity index (χ4n) is 2.56. The lowest BCUT2D eigenvalue weighted by atomic mass is 9.88. The smallest absolute Gasteiger partial charge is 0.220 e. The third-order valence-corrected chi connectivity index (χ3v) is 4.32. The van der Waals surface area contributed by atoms with Gasteiger partial charge in [-0.2, -0.15) is 0 Å². The summed E-state index contributed by atoms with van der Waals surface area (Å²) < 4.78 is 0. The topological polar surface area (TPSA) is 55.1 Å². The maximum atomic E-state index is 12.1. The molecule has 0 aromatic heterocycles. The Labute approximate surface area is 133 Å². The molecule has 118 valence electrons. The van der Waals surface area contributed by atoms with E-state index in [1.807, 2.05) is 31.2 Å². The molecule has 1 amide bonds. The van der Waals surface area contributed by atoms with Crippen LogP contribution >= 0.6 is 11.6 Å². The van der Waals surface area contributed by atoms with Crippen LogP contribution in [0.1, 0.15) is 51.6 Å². The molecule has 0 aliphatic heterocycles. The lowest BCUT2D eigenvalue weighted by molar-refractivity contribution is -0.122. The molecule has 0 aliphatic carbocycles. The van der Waals surface area contributed by atoms with Crippen molar-refractivity contribution in [2.24, 2.45) is 17.6 Å². The first kappa shape index (κ1) is 18.0. The summed E-state index contributed by atoms with van der Waals surface area (Å²) in [7, 11) is 0. The lowest BCUT2D eigenvalue weighted by Gasteiger charge is -2.21. The highest BCUT2D eigenvalue weighted by atomic mass is 35.5. The second-order valence-electron chi connectivity index (χ2n) is 5.93. The number of hydrogen-bond acceptors (Lipinski definition) is 2. The van der Waals surface area contributed by atoms with Gasteiger partial charge in [0.15, 0.2) is 0 Å². The van der Waals surface area contributed by atoms with E-state index < -0.39 is 0 Å². The number of rotatable bonds is 8. The Bertz CT molecular complexity index is 448. The maximum absolute atomic E-state index is 12.1. The molecule has 0 saturated heterocycles. The first-order valence-electron chi connectivity index (χ1n) is 7.69. The summed E-state index contributed by atoms with van der Waals surface area (Å²) in [5.74, 6) is 1.14. The van der Waals surface area contributed by atoms with Gasteiger partial charge < -0.3 is 11.1 Å². The van der Waals surface area contributed by atoms with Crippen molar-refractivity contribution >= 4 is 17.5 Å². The Morgan fingerprint density at radius 2 is 1.90 bits per heavy atom. The van der Waals surface area contributed by atoms with E-state index >= 15 is 0 Å². The molecule has 0 heterocycles. The van der Waals surface area contributed by atoms with Gasteiger partial charge in [-0.25, -0.2) is 0 Å². The van der Waals surface area contributed by atoms with E-state index in [-0.39, 0.29) is 11.9 Å². The van der Waals surface area contributed by atoms with Crippen molar-refractivity contribution in [1.29, 1.82) is 0 Å². The van der Waals surface area contributed by atoms with Gasteiger partial charge in [0, 0.05) is 11.4 Å². The summed E-state index contributed by atoms with van der Waals surface area (Å²) in [4.78, 5) is 12.1. The van der Waals surface area contributed by atoms with Crippen molar-refractivity contribution in [2.45, 2.75) is 46.1 Å². The van der Waals surface area contributed by atoms with Crippen molar-refractivity contribution < 1.29 is 4.79 Å². The zero-order valence-corrected chi connectivity index (χ0v) is 14.0. The number of halogens is 1. The zero-order valence-electron chi connectivity index (χ0n) is 13.2. The van der Waals surface area contributed by atoms with E-state index in [9.17, 15) is 4.79 Å². The molecule has 0 aliphatic rings. The van der Waals surface area contributed by atoms with Crippen molar-refractivity contribution in [1.82, 2.24) is 5.32 Å². The minimum absolute atomic E-state index is 0.0711. The van der Waals surface area contributed by atoms with Crippen LogP contribution in [0.5, 0.6) is 0 Å². The molecule has 0 fully saturated rings. The molecule has 0 radical (unpaired) electrons. The van der Waals surface area contributed by atoms with E-state index in [4.69, 9.17) is 17.3 Å².